The van der Waals surface area contributed by atoms with Crippen molar-refractivity contribution in [2.24, 2.45) is 11.8 Å². The number of Topliss-reactive ketones (excluding diaryl/α,β-unsaturated/α-hetero) is 1. The first-order chi connectivity index (χ1) is 8.60. The molecule has 1 aliphatic rings. The molecule has 0 aliphatic heterocycles. The van der Waals surface area contributed by atoms with Crippen molar-refractivity contribution in [1.29, 1.82) is 2.61 Å². The lowest BCUT2D eigenvalue weighted by molar-refractivity contribution is -0.137. The summed E-state index contributed by atoms with van der Waals surface area (Å²) in [5, 5.41) is 0. The number of rotatable bonds is 8. The van der Waals surface area contributed by atoms with E-state index in [-0.39, 0.29) is 24.4 Å². The number of hydrogen-bond donors (Lipinski definition) is 0. The minimum Gasteiger partial charge on any atom is -0.359 e. The van der Waals surface area contributed by atoms with Crippen molar-refractivity contribution >= 4 is 32.6 Å². The second-order valence-electron chi connectivity index (χ2n) is 3.71. The normalized spacial score (nSPS) is 33.4. The van der Waals surface area contributed by atoms with Crippen LogP contribution in [0.3, 0.4) is 0 Å². The first-order valence-corrected chi connectivity index (χ1v) is 7.34. The topological polar surface area (TPSA) is 44.8 Å². The lowest BCUT2D eigenvalue weighted by Crippen LogP contribution is -2.22. The van der Waals surface area contributed by atoms with Gasteiger partial charge in [-0.05, 0) is 13.7 Å². The Labute approximate surface area is 106 Å². The predicted molar refractivity (Wildman–Crippen MR) is 68.0 cm³/mol. The van der Waals surface area contributed by atoms with Gasteiger partial charge in [0.1, 0.15) is 20.4 Å². The maximum absolute atomic E-state index is 11.9. The molecule has 0 aromatic carbocycles. The molecule has 0 aromatic rings. The van der Waals surface area contributed by atoms with Gasteiger partial charge in [-0.1, -0.05) is 14.5 Å². The number of carbonyl (C=O) groups excluding carboxylic acids is 1. The Morgan fingerprint density at radius 3 is 3.38 bits per heavy atom. The van der Waals surface area contributed by atoms with Crippen molar-refractivity contribution in [3.05, 3.63) is 0 Å². The quantitative estimate of drug-likeness (QED) is 0.286. The van der Waals surface area contributed by atoms with E-state index < -0.39 is 13.7 Å². The van der Waals surface area contributed by atoms with Crippen molar-refractivity contribution in [3.8, 4) is 0 Å². The molecule has 7 heteroatoms. The lowest BCUT2D eigenvalue weighted by atomic mass is 9.99. The summed E-state index contributed by atoms with van der Waals surface area (Å²) in [6.45, 7) is 2.41. The number of ether oxygens (including phenoxy) is 2. The standard InChI is InChI=1S/C9H17BO4PS/c1-6-7(4-14-16-15-10)3-8(9(6)11)13-5-12-2/h6-8,10,15H,3-5H2,1-2H3/t6-,7-,8-,15?/m1/s1/i10T,15D. The molecule has 0 bridgehead atoms. The van der Waals surface area contributed by atoms with E-state index in [1.165, 1.54) is 7.11 Å². The molecule has 0 aromatic heterocycles. The van der Waals surface area contributed by atoms with E-state index in [1.807, 2.05) is 6.92 Å². The summed E-state index contributed by atoms with van der Waals surface area (Å²) >= 11 is 0.997. The van der Waals surface area contributed by atoms with Crippen LogP contribution >= 0.6 is 19.3 Å². The summed E-state index contributed by atoms with van der Waals surface area (Å²) in [5.41, 5.74) is 0. The molecule has 0 saturated heterocycles. The molecule has 1 saturated carbocycles. The summed E-state index contributed by atoms with van der Waals surface area (Å²) in [7, 11) is 1.29. The molecule has 0 N–H and O–H groups in total. The van der Waals surface area contributed by atoms with Gasteiger partial charge in [0.15, 0.2) is 5.78 Å². The van der Waals surface area contributed by atoms with Gasteiger partial charge in [-0.25, -0.2) is 0 Å². The molecule has 0 spiro atoms. The molecular weight excluding hydrogens is 246 g/mol. The summed E-state index contributed by atoms with van der Waals surface area (Å²) in [4.78, 5) is 11.9. The molecule has 1 fully saturated rings. The first kappa shape index (κ1) is 11.5. The lowest BCUT2D eigenvalue weighted by Gasteiger charge is -2.12. The first-order valence-electron chi connectivity index (χ1n) is 6.06. The highest BCUT2D eigenvalue weighted by Gasteiger charge is 2.40. The van der Waals surface area contributed by atoms with Crippen LogP contribution in [0.1, 0.15) is 13.3 Å². The summed E-state index contributed by atoms with van der Waals surface area (Å²) in [6.07, 6.45) is 0.226. The minimum atomic E-state index is -1.29. The van der Waals surface area contributed by atoms with Crippen LogP contribution in [0.4, 0.5) is 0 Å². The molecule has 4 nitrogen and oxygen atoms in total. The van der Waals surface area contributed by atoms with E-state index in [0.717, 1.165) is 19.2 Å². The Morgan fingerprint density at radius 1 is 1.88 bits per heavy atom. The fraction of sp³-hybridized carbons (Fsp3) is 0.889. The third-order valence-electron chi connectivity index (χ3n) is 2.75. The fourth-order valence-corrected chi connectivity index (χ4v) is 2.44. The average molecular weight is 266 g/mol. The van der Waals surface area contributed by atoms with E-state index >= 15 is 0 Å². The molecule has 16 heavy (non-hydrogen) atoms. The van der Waals surface area contributed by atoms with E-state index in [2.05, 4.69) is 0 Å². The van der Waals surface area contributed by atoms with Crippen molar-refractivity contribution in [2.75, 3.05) is 20.5 Å². The van der Waals surface area contributed by atoms with Gasteiger partial charge in [-0.3, -0.25) is 4.79 Å². The van der Waals surface area contributed by atoms with Crippen LogP contribution in [-0.2, 0) is 18.5 Å². The van der Waals surface area contributed by atoms with Gasteiger partial charge in [0.05, 0.1) is 7.89 Å². The van der Waals surface area contributed by atoms with Gasteiger partial charge in [0, 0.05) is 24.7 Å². The third kappa shape index (κ3) is 4.00. The largest absolute Gasteiger partial charge is 0.359 e. The van der Waals surface area contributed by atoms with Gasteiger partial charge < -0.3 is 13.7 Å². The zero-order chi connectivity index (χ0) is 13.5. The van der Waals surface area contributed by atoms with Gasteiger partial charge >= 0.3 is 0 Å². The molecule has 0 heterocycles. The van der Waals surface area contributed by atoms with Crippen molar-refractivity contribution in [2.45, 2.75) is 19.4 Å². The van der Waals surface area contributed by atoms with Crippen LogP contribution in [0.15, 0.2) is 0 Å². The molecule has 1 rings (SSSR count). The van der Waals surface area contributed by atoms with Crippen molar-refractivity contribution < 1.29 is 18.5 Å². The highest BCUT2D eigenvalue weighted by molar-refractivity contribution is 8.53. The SMILES string of the molecule is [2H]P([B][3H])SOC[C@H]1C[C@@H](OCOC)C(=O)[C@@H]1C. The van der Waals surface area contributed by atoms with Crippen LogP contribution in [0.25, 0.3) is 0 Å². The van der Waals surface area contributed by atoms with Gasteiger partial charge in [-0.2, -0.15) is 0 Å². The smallest absolute Gasteiger partial charge is 0.164 e. The molecular formula is C9H17BO4PS. The predicted octanol–water partition coefficient (Wildman–Crippen LogP) is 1.27. The second kappa shape index (κ2) is 7.67. The molecule has 91 valence electrons. The maximum Gasteiger partial charge on any atom is 0.164 e. The van der Waals surface area contributed by atoms with E-state index in [1.54, 1.807) is 0 Å². The van der Waals surface area contributed by atoms with E-state index in [0.29, 0.717) is 13.0 Å². The third-order valence-corrected chi connectivity index (χ3v) is 3.66. The number of carbonyl (C=O) groups is 1. The Kier molecular flexibility index (Phi) is 5.50. The highest BCUT2D eigenvalue weighted by Crippen LogP contribution is 2.33. The van der Waals surface area contributed by atoms with Crippen LogP contribution in [0.5, 0.6) is 0 Å². The Morgan fingerprint density at radius 2 is 2.69 bits per heavy atom. The van der Waals surface area contributed by atoms with Gasteiger partial charge in [-0.15, -0.1) is 0 Å². The van der Waals surface area contributed by atoms with Gasteiger partial charge in [0.25, 0.3) is 0 Å². The molecule has 0 amide bonds. The second-order valence-corrected chi connectivity index (χ2v) is 5.39. The van der Waals surface area contributed by atoms with E-state index in [9.17, 15) is 4.79 Å². The Hall–Kier alpha value is 0.395. The van der Waals surface area contributed by atoms with E-state index in [4.69, 9.17) is 16.3 Å². The molecule has 1 aliphatic carbocycles. The summed E-state index contributed by atoms with van der Waals surface area (Å²) in [5.74, 6) is 0.108. The summed E-state index contributed by atoms with van der Waals surface area (Å²) in [6, 6.07) is 0. The molecule has 4 atom stereocenters. The maximum atomic E-state index is 11.9. The molecule has 1 radical (unpaired) electrons. The van der Waals surface area contributed by atoms with Gasteiger partial charge in [0.2, 0.25) is 0 Å². The number of methoxy groups -OCH3 is 1. The average Bonchev–Trinajstić information content (AvgIpc) is 2.64. The van der Waals surface area contributed by atoms with Crippen molar-refractivity contribution in [1.82, 2.24) is 0 Å². The Bertz CT molecular complexity index is 277. The number of ketones is 1. The zero-order valence-corrected chi connectivity index (χ0v) is 11.1. The summed E-state index contributed by atoms with van der Waals surface area (Å²) < 4.78 is 29.7. The van der Waals surface area contributed by atoms with Crippen LogP contribution in [-0.4, -0.2) is 42.5 Å². The molecule has 1 unspecified atom stereocenters. The highest BCUT2D eigenvalue weighted by atomic mass is 32.7. The van der Waals surface area contributed by atoms with Crippen molar-refractivity contribution in [3.63, 3.8) is 0 Å². The zero-order valence-electron chi connectivity index (χ0n) is 11.4. The van der Waals surface area contributed by atoms with Crippen LogP contribution in [0, 0.1) is 11.8 Å². The monoisotopic (exact) mass is 266 g/mol. The van der Waals surface area contributed by atoms with Crippen LogP contribution < -0.4 is 0 Å². The fourth-order valence-electron chi connectivity index (χ4n) is 1.78. The van der Waals surface area contributed by atoms with Crippen LogP contribution in [0.2, 0.25) is 0 Å². The Balaban J connectivity index is 2.32. The minimum absolute atomic E-state index is 0.0887. The number of hydrogen-bond acceptors (Lipinski definition) is 5.